The van der Waals surface area contributed by atoms with Gasteiger partial charge in [-0.1, -0.05) is 32.9 Å². The average Bonchev–Trinajstić information content (AvgIpc) is 2.52. The van der Waals surface area contributed by atoms with Crippen LogP contribution in [0.3, 0.4) is 0 Å². The van der Waals surface area contributed by atoms with Gasteiger partial charge in [-0.3, -0.25) is 5.32 Å². The second-order valence-corrected chi connectivity index (χ2v) is 5.79. The van der Waals surface area contributed by atoms with Crippen molar-refractivity contribution in [2.45, 2.75) is 27.2 Å². The third kappa shape index (κ3) is 4.25. The smallest absolute Gasteiger partial charge is 0.362 e. The van der Waals surface area contributed by atoms with E-state index in [1.165, 1.54) is 0 Å². The minimum absolute atomic E-state index is 0.137. The van der Waals surface area contributed by atoms with Crippen molar-refractivity contribution < 1.29 is 9.21 Å². The Kier molecular flexibility index (Phi) is 5.62. The van der Waals surface area contributed by atoms with Crippen LogP contribution in [0.5, 0.6) is 0 Å². The zero-order valence-electron chi connectivity index (χ0n) is 13.7. The van der Waals surface area contributed by atoms with Crippen LogP contribution in [-0.2, 0) is 0 Å². The summed E-state index contributed by atoms with van der Waals surface area (Å²) >= 11 is 0. The highest BCUT2D eigenvalue weighted by Gasteiger charge is 2.16. The third-order valence-electron chi connectivity index (χ3n) is 3.27. The zero-order chi connectivity index (χ0) is 16.8. The van der Waals surface area contributed by atoms with Crippen LogP contribution in [0.4, 0.5) is 16.2 Å². The minimum atomic E-state index is -0.568. The molecule has 0 aliphatic rings. The molecule has 2 aromatic rings. The van der Waals surface area contributed by atoms with Gasteiger partial charge in [0.25, 0.3) is 0 Å². The maximum absolute atomic E-state index is 12.2. The van der Waals surface area contributed by atoms with Crippen molar-refractivity contribution in [1.29, 1.82) is 0 Å². The number of hydrogen-bond donors (Lipinski definition) is 3. The standard InChI is InChI=1S/C17H23N3O3/c1-4-9-18-14-12-7-5-6-8-13(12)23-16(21)15(14)20-17(22)19-10-11(2)3/h5-8,11,18H,4,9-10H2,1-3H3,(H2,19,20,22). The first-order valence-corrected chi connectivity index (χ1v) is 7.87. The molecule has 2 amide bonds. The molecule has 0 spiro atoms. The molecule has 6 heteroatoms. The number of hydrogen-bond acceptors (Lipinski definition) is 4. The van der Waals surface area contributed by atoms with Crippen molar-refractivity contribution in [3.05, 3.63) is 34.7 Å². The Bertz CT molecular complexity index is 737. The number of para-hydroxylation sites is 1. The maximum Gasteiger partial charge on any atom is 0.362 e. The van der Waals surface area contributed by atoms with E-state index in [9.17, 15) is 9.59 Å². The van der Waals surface area contributed by atoms with Crippen molar-refractivity contribution in [2.24, 2.45) is 5.92 Å². The van der Waals surface area contributed by atoms with Crippen LogP contribution in [0.2, 0.25) is 0 Å². The van der Waals surface area contributed by atoms with E-state index in [-0.39, 0.29) is 5.69 Å². The molecule has 1 aromatic carbocycles. The number of carbonyl (C=O) groups excluding carboxylic acids is 1. The zero-order valence-corrected chi connectivity index (χ0v) is 13.7. The number of fused-ring (bicyclic) bond motifs is 1. The van der Waals surface area contributed by atoms with Crippen LogP contribution >= 0.6 is 0 Å². The van der Waals surface area contributed by atoms with E-state index in [1.54, 1.807) is 12.1 Å². The predicted molar refractivity (Wildman–Crippen MR) is 93.1 cm³/mol. The molecule has 1 aromatic heterocycles. The molecule has 0 saturated carbocycles. The fraction of sp³-hybridized carbons (Fsp3) is 0.412. The van der Waals surface area contributed by atoms with Gasteiger partial charge in [-0.15, -0.1) is 0 Å². The lowest BCUT2D eigenvalue weighted by molar-refractivity contribution is 0.251. The van der Waals surface area contributed by atoms with Crippen LogP contribution in [0.25, 0.3) is 11.0 Å². The van der Waals surface area contributed by atoms with Gasteiger partial charge in [-0.25, -0.2) is 9.59 Å². The van der Waals surface area contributed by atoms with E-state index in [4.69, 9.17) is 4.42 Å². The summed E-state index contributed by atoms with van der Waals surface area (Å²) in [5.74, 6) is 0.325. The van der Waals surface area contributed by atoms with Crippen molar-refractivity contribution in [1.82, 2.24) is 5.32 Å². The molecule has 0 fully saturated rings. The summed E-state index contributed by atoms with van der Waals surface area (Å²) < 4.78 is 5.30. The van der Waals surface area contributed by atoms with Crippen molar-refractivity contribution >= 4 is 28.4 Å². The molecule has 0 saturated heterocycles. The second-order valence-electron chi connectivity index (χ2n) is 5.79. The highest BCUT2D eigenvalue weighted by molar-refractivity contribution is 6.01. The molecule has 0 bridgehead atoms. The van der Waals surface area contributed by atoms with Crippen LogP contribution in [-0.4, -0.2) is 19.1 Å². The lowest BCUT2D eigenvalue weighted by atomic mass is 10.2. The molecule has 1 heterocycles. The SMILES string of the molecule is CCCNc1c(NC(=O)NCC(C)C)c(=O)oc2ccccc12. The molecule has 0 aliphatic carbocycles. The van der Waals surface area contributed by atoms with E-state index in [0.717, 1.165) is 11.8 Å². The molecule has 0 atom stereocenters. The van der Waals surface area contributed by atoms with Gasteiger partial charge >= 0.3 is 11.7 Å². The molecule has 124 valence electrons. The molecule has 0 radical (unpaired) electrons. The van der Waals surface area contributed by atoms with Gasteiger partial charge in [0.2, 0.25) is 0 Å². The van der Waals surface area contributed by atoms with E-state index in [0.29, 0.717) is 30.3 Å². The number of nitrogens with one attached hydrogen (secondary N) is 3. The molecule has 23 heavy (non-hydrogen) atoms. The van der Waals surface area contributed by atoms with Crippen molar-refractivity contribution in [3.8, 4) is 0 Å². The number of amides is 2. The van der Waals surface area contributed by atoms with Crippen LogP contribution < -0.4 is 21.6 Å². The van der Waals surface area contributed by atoms with Crippen LogP contribution in [0.1, 0.15) is 27.2 Å². The number of carbonyl (C=O) groups is 1. The Hall–Kier alpha value is -2.50. The van der Waals surface area contributed by atoms with Gasteiger partial charge in [0.15, 0.2) is 5.69 Å². The monoisotopic (exact) mass is 317 g/mol. The van der Waals surface area contributed by atoms with E-state index >= 15 is 0 Å². The Balaban J connectivity index is 2.38. The molecule has 3 N–H and O–H groups in total. The van der Waals surface area contributed by atoms with Gasteiger partial charge in [-0.05, 0) is 24.5 Å². The fourth-order valence-corrected chi connectivity index (χ4v) is 2.15. The maximum atomic E-state index is 12.2. The van der Waals surface area contributed by atoms with Crippen LogP contribution in [0, 0.1) is 5.92 Å². The summed E-state index contributed by atoms with van der Waals surface area (Å²) in [6.07, 6.45) is 0.896. The Labute approximate surface area is 135 Å². The van der Waals surface area contributed by atoms with Gasteiger partial charge in [0, 0.05) is 18.5 Å². The summed E-state index contributed by atoms with van der Waals surface area (Å²) in [7, 11) is 0. The lowest BCUT2D eigenvalue weighted by Gasteiger charge is -2.14. The first-order valence-electron chi connectivity index (χ1n) is 7.87. The van der Waals surface area contributed by atoms with Crippen molar-refractivity contribution in [3.63, 3.8) is 0 Å². The summed E-state index contributed by atoms with van der Waals surface area (Å²) in [6.45, 7) is 7.25. The second kappa shape index (κ2) is 7.67. The highest BCUT2D eigenvalue weighted by Crippen LogP contribution is 2.28. The summed E-state index contributed by atoms with van der Waals surface area (Å²) in [6, 6.07) is 6.84. The van der Waals surface area contributed by atoms with Gasteiger partial charge in [-0.2, -0.15) is 0 Å². The molecule has 6 nitrogen and oxygen atoms in total. The molecular formula is C17H23N3O3. The summed E-state index contributed by atoms with van der Waals surface area (Å²) in [4.78, 5) is 24.2. The highest BCUT2D eigenvalue weighted by atomic mass is 16.4. The predicted octanol–water partition coefficient (Wildman–Crippen LogP) is 3.39. The fourth-order valence-electron chi connectivity index (χ4n) is 2.15. The quantitative estimate of drug-likeness (QED) is 0.713. The molecular weight excluding hydrogens is 294 g/mol. The topological polar surface area (TPSA) is 83.4 Å². The lowest BCUT2D eigenvalue weighted by Crippen LogP contribution is -2.33. The number of urea groups is 1. The normalized spacial score (nSPS) is 10.8. The third-order valence-corrected chi connectivity index (χ3v) is 3.27. The van der Waals surface area contributed by atoms with Crippen molar-refractivity contribution in [2.75, 3.05) is 23.7 Å². The average molecular weight is 317 g/mol. The van der Waals surface area contributed by atoms with E-state index in [1.807, 2.05) is 32.9 Å². The van der Waals surface area contributed by atoms with E-state index in [2.05, 4.69) is 16.0 Å². The Morgan fingerprint density at radius 1 is 1.22 bits per heavy atom. The molecule has 0 aliphatic heterocycles. The van der Waals surface area contributed by atoms with Gasteiger partial charge < -0.3 is 15.1 Å². The van der Waals surface area contributed by atoms with Crippen LogP contribution in [0.15, 0.2) is 33.5 Å². The Morgan fingerprint density at radius 2 is 1.96 bits per heavy atom. The first-order chi connectivity index (χ1) is 11.0. The summed E-state index contributed by atoms with van der Waals surface area (Å²) in [5, 5.41) is 9.33. The minimum Gasteiger partial charge on any atom is -0.421 e. The number of anilines is 2. The first kappa shape index (κ1) is 16.9. The number of rotatable bonds is 6. The van der Waals surface area contributed by atoms with Gasteiger partial charge in [0.05, 0.1) is 5.69 Å². The largest absolute Gasteiger partial charge is 0.421 e. The summed E-state index contributed by atoms with van der Waals surface area (Å²) in [5.41, 5.74) is 0.656. The molecule has 0 unspecified atom stereocenters. The van der Waals surface area contributed by atoms with Gasteiger partial charge in [0.1, 0.15) is 5.58 Å². The van der Waals surface area contributed by atoms with E-state index < -0.39 is 11.7 Å². The number of benzene rings is 1. The molecule has 2 rings (SSSR count). The Morgan fingerprint density at radius 3 is 2.65 bits per heavy atom.